The number of hydrogen-bond donors (Lipinski definition) is 2. The first kappa shape index (κ1) is 15.4. The third-order valence-corrected chi connectivity index (χ3v) is 5.54. The fraction of sp³-hybridized carbons (Fsp3) is 0.300. The smallest absolute Gasteiger partial charge is 0.343 e. The summed E-state index contributed by atoms with van der Waals surface area (Å²) in [6.45, 7) is 3.31. The number of phenols is 1. The first-order chi connectivity index (χ1) is 12.5. The van der Waals surface area contributed by atoms with Gasteiger partial charge < -0.3 is 19.8 Å². The van der Waals surface area contributed by atoms with E-state index in [1.807, 2.05) is 12.1 Å². The van der Waals surface area contributed by atoms with Gasteiger partial charge in [0, 0.05) is 24.0 Å². The van der Waals surface area contributed by atoms with E-state index >= 15 is 0 Å². The number of aromatic hydroxyl groups is 1. The Hall–Kier alpha value is -2.86. The molecule has 0 saturated carbocycles. The van der Waals surface area contributed by atoms with Crippen LogP contribution in [-0.4, -0.2) is 44.8 Å². The van der Waals surface area contributed by atoms with Gasteiger partial charge in [-0.3, -0.25) is 0 Å². The highest BCUT2D eigenvalue weighted by molar-refractivity contribution is 5.90. The number of esters is 1. The summed E-state index contributed by atoms with van der Waals surface area (Å²) >= 11 is 0. The lowest BCUT2D eigenvalue weighted by molar-refractivity contribution is -0.163. The maximum atomic E-state index is 12.2. The molecule has 1 aromatic heterocycles. The highest BCUT2D eigenvalue weighted by atomic mass is 16.6. The Morgan fingerprint density at radius 3 is 2.96 bits per heavy atom. The van der Waals surface area contributed by atoms with E-state index in [4.69, 9.17) is 9.72 Å². The lowest BCUT2D eigenvalue weighted by atomic mass is 9.83. The number of phenolic OH excluding ortho intramolecular Hbond substituents is 1. The average Bonchev–Trinajstić information content (AvgIpc) is 2.98. The van der Waals surface area contributed by atoms with Crippen LogP contribution in [0.15, 0.2) is 41.5 Å². The van der Waals surface area contributed by atoms with Crippen LogP contribution in [0.2, 0.25) is 0 Å². The van der Waals surface area contributed by atoms with E-state index in [1.165, 1.54) is 0 Å². The molecule has 0 amide bonds. The van der Waals surface area contributed by atoms with Crippen LogP contribution < -0.4 is 0 Å². The Balaban J connectivity index is 1.67. The molecule has 1 atom stereocenters. The zero-order valence-electron chi connectivity index (χ0n) is 14.3. The van der Waals surface area contributed by atoms with Crippen molar-refractivity contribution < 1.29 is 19.7 Å². The highest BCUT2D eigenvalue weighted by Crippen LogP contribution is 2.42. The monoisotopic (exact) mass is 350 g/mol. The van der Waals surface area contributed by atoms with E-state index in [1.54, 1.807) is 25.1 Å². The van der Waals surface area contributed by atoms with Gasteiger partial charge in [0.2, 0.25) is 0 Å². The second kappa shape index (κ2) is 5.08. The molecule has 1 aromatic carbocycles. The molecule has 2 N–H and O–H groups in total. The fourth-order valence-corrected chi connectivity index (χ4v) is 4.10. The van der Waals surface area contributed by atoms with E-state index in [9.17, 15) is 15.0 Å². The second-order valence-corrected chi connectivity index (χ2v) is 7.07. The van der Waals surface area contributed by atoms with E-state index < -0.39 is 11.6 Å². The minimum absolute atomic E-state index is 0.218. The number of fused-ring (bicyclic) bond motifs is 4. The minimum Gasteiger partial charge on any atom is -0.508 e. The zero-order chi connectivity index (χ0) is 18.1. The topological polar surface area (TPSA) is 82.9 Å². The first-order valence-corrected chi connectivity index (χ1v) is 8.71. The molecule has 3 aliphatic heterocycles. The van der Waals surface area contributed by atoms with Crippen molar-refractivity contribution in [1.29, 1.82) is 0 Å². The SMILES string of the molecule is CCC1(O)C(=O)OCC2=C1C=C1c3nc4ccc(O)cc4cc3CN1C2. The summed E-state index contributed by atoms with van der Waals surface area (Å²) in [5, 5.41) is 21.5. The van der Waals surface area contributed by atoms with Gasteiger partial charge in [0.25, 0.3) is 0 Å². The van der Waals surface area contributed by atoms with Crippen LogP contribution in [0, 0.1) is 0 Å². The quantitative estimate of drug-likeness (QED) is 0.767. The summed E-state index contributed by atoms with van der Waals surface area (Å²) in [5.74, 6) is -0.362. The molecule has 4 heterocycles. The maximum Gasteiger partial charge on any atom is 0.343 e. The molecular weight excluding hydrogens is 332 g/mol. The molecular formula is C20H18N2O4. The molecule has 0 radical (unpaired) electrons. The van der Waals surface area contributed by atoms with Crippen molar-refractivity contribution in [3.8, 4) is 5.75 Å². The number of carbonyl (C=O) groups is 1. The standard InChI is InChI=1S/C20H18N2O4/c1-2-20(25)15-7-17-18-12(5-11-6-14(23)3-4-16(11)21-18)8-22(17)9-13(15)10-26-19(20)24/h3-7,23,25H,2,8-10H2,1H3. The summed E-state index contributed by atoms with van der Waals surface area (Å²) in [5.41, 5.74) is 3.68. The van der Waals surface area contributed by atoms with Gasteiger partial charge in [-0.15, -0.1) is 0 Å². The molecule has 3 aliphatic rings. The van der Waals surface area contributed by atoms with Gasteiger partial charge in [-0.05, 0) is 47.9 Å². The molecule has 132 valence electrons. The minimum atomic E-state index is -1.59. The Bertz CT molecular complexity index is 1040. The van der Waals surface area contributed by atoms with Crippen LogP contribution in [0.3, 0.4) is 0 Å². The number of pyridine rings is 1. The Kier molecular flexibility index (Phi) is 3.01. The first-order valence-electron chi connectivity index (χ1n) is 8.71. The van der Waals surface area contributed by atoms with Gasteiger partial charge in [0.05, 0.1) is 16.9 Å². The van der Waals surface area contributed by atoms with Crippen LogP contribution in [0.25, 0.3) is 16.6 Å². The van der Waals surface area contributed by atoms with Crippen LogP contribution in [0.5, 0.6) is 5.75 Å². The third kappa shape index (κ3) is 1.96. The molecule has 0 aliphatic carbocycles. The molecule has 6 heteroatoms. The summed E-state index contributed by atoms with van der Waals surface area (Å²) in [4.78, 5) is 19.1. The lowest BCUT2D eigenvalue weighted by Crippen LogP contribution is -2.47. The average molecular weight is 350 g/mol. The van der Waals surface area contributed by atoms with Crippen LogP contribution >= 0.6 is 0 Å². The van der Waals surface area contributed by atoms with Gasteiger partial charge in [-0.2, -0.15) is 0 Å². The van der Waals surface area contributed by atoms with Gasteiger partial charge in [-0.1, -0.05) is 6.92 Å². The van der Waals surface area contributed by atoms with Crippen LogP contribution in [0.1, 0.15) is 24.6 Å². The lowest BCUT2D eigenvalue weighted by Gasteiger charge is -2.37. The van der Waals surface area contributed by atoms with Crippen molar-refractivity contribution in [2.75, 3.05) is 13.2 Å². The second-order valence-electron chi connectivity index (χ2n) is 7.07. The summed E-state index contributed by atoms with van der Waals surface area (Å²) in [7, 11) is 0. The predicted octanol–water partition coefficient (Wildman–Crippen LogP) is 2.10. The number of nitrogens with zero attached hydrogens (tertiary/aromatic N) is 2. The van der Waals surface area contributed by atoms with Crippen LogP contribution in [-0.2, 0) is 16.1 Å². The number of rotatable bonds is 1. The predicted molar refractivity (Wildman–Crippen MR) is 95.0 cm³/mol. The molecule has 5 rings (SSSR count). The Morgan fingerprint density at radius 2 is 2.15 bits per heavy atom. The molecule has 0 bridgehead atoms. The number of ether oxygens (including phenoxy) is 1. The zero-order valence-corrected chi connectivity index (χ0v) is 14.3. The number of cyclic esters (lactones) is 1. The molecule has 0 saturated heterocycles. The summed E-state index contributed by atoms with van der Waals surface area (Å²) in [6, 6.07) is 7.17. The van der Waals surface area contributed by atoms with Gasteiger partial charge in [0.15, 0.2) is 5.60 Å². The molecule has 0 spiro atoms. The fourth-order valence-electron chi connectivity index (χ4n) is 4.10. The van der Waals surface area contributed by atoms with Gasteiger partial charge in [0.1, 0.15) is 12.4 Å². The number of carbonyl (C=O) groups excluding carboxylic acids is 1. The van der Waals surface area contributed by atoms with Crippen molar-refractivity contribution >= 4 is 22.6 Å². The molecule has 2 aromatic rings. The molecule has 1 unspecified atom stereocenters. The van der Waals surface area contributed by atoms with Crippen molar-refractivity contribution in [3.05, 3.63) is 52.7 Å². The van der Waals surface area contributed by atoms with Gasteiger partial charge >= 0.3 is 5.97 Å². The number of aromatic nitrogens is 1. The molecule has 26 heavy (non-hydrogen) atoms. The summed E-state index contributed by atoms with van der Waals surface area (Å²) in [6.07, 6.45) is 2.17. The van der Waals surface area contributed by atoms with Crippen molar-refractivity contribution in [1.82, 2.24) is 9.88 Å². The van der Waals surface area contributed by atoms with Crippen LogP contribution in [0.4, 0.5) is 0 Å². The number of hydrogen-bond acceptors (Lipinski definition) is 6. The Morgan fingerprint density at radius 1 is 1.31 bits per heavy atom. The van der Waals surface area contributed by atoms with Crippen molar-refractivity contribution in [2.24, 2.45) is 0 Å². The van der Waals surface area contributed by atoms with E-state index in [2.05, 4.69) is 4.90 Å². The number of benzene rings is 1. The van der Waals surface area contributed by atoms with Crippen molar-refractivity contribution in [2.45, 2.75) is 25.5 Å². The normalized spacial score (nSPS) is 24.2. The largest absolute Gasteiger partial charge is 0.508 e. The van der Waals surface area contributed by atoms with Gasteiger partial charge in [-0.25, -0.2) is 9.78 Å². The third-order valence-electron chi connectivity index (χ3n) is 5.54. The Labute approximate surface area is 150 Å². The van der Waals surface area contributed by atoms with E-state index in [0.29, 0.717) is 18.7 Å². The van der Waals surface area contributed by atoms with E-state index in [0.717, 1.165) is 33.4 Å². The van der Waals surface area contributed by atoms with E-state index in [-0.39, 0.29) is 18.8 Å². The maximum absolute atomic E-state index is 12.2. The van der Waals surface area contributed by atoms with Crippen molar-refractivity contribution in [3.63, 3.8) is 0 Å². The molecule has 6 nitrogen and oxygen atoms in total. The molecule has 0 fully saturated rings. The summed E-state index contributed by atoms with van der Waals surface area (Å²) < 4.78 is 5.21. The number of aliphatic hydroxyl groups is 1. The highest BCUT2D eigenvalue weighted by Gasteiger charge is 2.46.